The number of benzene rings is 1. The van der Waals surface area contributed by atoms with Crippen LogP contribution in [0.5, 0.6) is 0 Å². The highest BCUT2D eigenvalue weighted by Crippen LogP contribution is 2.67. The zero-order chi connectivity index (χ0) is 31.2. The van der Waals surface area contributed by atoms with Gasteiger partial charge in [-0.1, -0.05) is 65.5 Å². The zero-order valence-electron chi connectivity index (χ0n) is 27.7. The van der Waals surface area contributed by atoms with Gasteiger partial charge < -0.3 is 4.74 Å². The number of sulfonamides is 1. The normalized spacial score (nSPS) is 34.6. The summed E-state index contributed by atoms with van der Waals surface area (Å²) in [6.07, 6.45) is 15.6. The fourth-order valence-corrected chi connectivity index (χ4v) is 10.9. The van der Waals surface area contributed by atoms with Crippen molar-refractivity contribution in [3.8, 4) is 0 Å². The fraction of sp³-hybridized carbons (Fsp3) is 0.750. The molecule has 0 radical (unpaired) electrons. The number of hydrogen-bond acceptors (Lipinski definition) is 4. The number of nitrogens with zero attached hydrogens (tertiary/aromatic N) is 1. The SMILES string of the molecule is CC(C)CCCC(C)C1CCC2C3CC=C4CC(OC(=O)Nc5ccc(S(=O)(=O)N(C)C)cc5)CCC4(C)C3CCC12C. The molecular weight excluding hydrogens is 556 g/mol. The molecule has 6 nitrogen and oxygen atoms in total. The summed E-state index contributed by atoms with van der Waals surface area (Å²) >= 11 is 0. The van der Waals surface area contributed by atoms with Crippen molar-refractivity contribution in [3.05, 3.63) is 35.9 Å². The van der Waals surface area contributed by atoms with E-state index in [0.717, 1.165) is 54.8 Å². The minimum atomic E-state index is -3.51. The molecule has 3 saturated carbocycles. The topological polar surface area (TPSA) is 75.7 Å². The van der Waals surface area contributed by atoms with E-state index >= 15 is 0 Å². The van der Waals surface area contributed by atoms with Crippen molar-refractivity contribution in [2.75, 3.05) is 19.4 Å². The number of amides is 1. The molecule has 5 rings (SSSR count). The number of fused-ring (bicyclic) bond motifs is 5. The Kier molecular flexibility index (Phi) is 9.46. The molecule has 1 aromatic rings. The molecule has 240 valence electrons. The lowest BCUT2D eigenvalue weighted by molar-refractivity contribution is -0.0577. The molecule has 0 aromatic heterocycles. The Morgan fingerprint density at radius 3 is 2.40 bits per heavy atom. The van der Waals surface area contributed by atoms with E-state index in [1.165, 1.54) is 87.5 Å². The highest BCUT2D eigenvalue weighted by molar-refractivity contribution is 7.89. The molecule has 4 aliphatic carbocycles. The fourth-order valence-electron chi connectivity index (χ4n) is 9.97. The highest BCUT2D eigenvalue weighted by Gasteiger charge is 2.59. The molecule has 0 heterocycles. The van der Waals surface area contributed by atoms with Gasteiger partial charge in [-0.05, 0) is 116 Å². The van der Waals surface area contributed by atoms with Gasteiger partial charge in [0.15, 0.2) is 0 Å². The minimum absolute atomic E-state index is 0.124. The third kappa shape index (κ3) is 6.32. The van der Waals surface area contributed by atoms with Gasteiger partial charge in [-0.25, -0.2) is 17.5 Å². The summed E-state index contributed by atoms with van der Waals surface area (Å²) in [7, 11) is -0.504. The lowest BCUT2D eigenvalue weighted by Gasteiger charge is -2.58. The summed E-state index contributed by atoms with van der Waals surface area (Å²) < 4.78 is 31.8. The monoisotopic (exact) mass is 612 g/mol. The molecule has 8 unspecified atom stereocenters. The number of ether oxygens (including phenoxy) is 1. The maximum absolute atomic E-state index is 12.8. The summed E-state index contributed by atoms with van der Waals surface area (Å²) in [5.41, 5.74) is 2.75. The molecule has 0 saturated heterocycles. The van der Waals surface area contributed by atoms with E-state index in [9.17, 15) is 13.2 Å². The Hall–Kier alpha value is -1.86. The molecule has 8 atom stereocenters. The van der Waals surface area contributed by atoms with Crippen molar-refractivity contribution < 1.29 is 17.9 Å². The number of allylic oxidation sites excluding steroid dienone is 1. The number of nitrogens with one attached hydrogen (secondary N) is 1. The Morgan fingerprint density at radius 1 is 1.00 bits per heavy atom. The summed E-state index contributed by atoms with van der Waals surface area (Å²) in [5.74, 6) is 4.89. The number of rotatable bonds is 9. The number of anilines is 1. The van der Waals surface area contributed by atoms with E-state index < -0.39 is 16.1 Å². The highest BCUT2D eigenvalue weighted by atomic mass is 32.2. The second kappa shape index (κ2) is 12.5. The van der Waals surface area contributed by atoms with Crippen LogP contribution >= 0.6 is 0 Å². The van der Waals surface area contributed by atoms with Gasteiger partial charge >= 0.3 is 6.09 Å². The summed E-state index contributed by atoms with van der Waals surface area (Å²) in [5, 5.41) is 2.80. The molecule has 7 heteroatoms. The zero-order valence-corrected chi connectivity index (χ0v) is 28.5. The van der Waals surface area contributed by atoms with Crippen molar-refractivity contribution in [1.82, 2.24) is 4.31 Å². The van der Waals surface area contributed by atoms with E-state index in [0.29, 0.717) is 11.1 Å². The van der Waals surface area contributed by atoms with Crippen LogP contribution in [0.15, 0.2) is 40.8 Å². The Morgan fingerprint density at radius 2 is 1.72 bits per heavy atom. The Balaban J connectivity index is 1.19. The van der Waals surface area contributed by atoms with Crippen molar-refractivity contribution in [3.63, 3.8) is 0 Å². The standard InChI is InChI=1S/C36H56N2O4S/c1-24(2)9-8-10-25(3)31-17-18-32-30-16-11-26-23-28(19-21-35(26,4)33(30)20-22-36(31,32)5)42-34(39)37-27-12-14-29(15-13-27)43(40,41)38(6)7/h11-15,24-25,28,30-33H,8-10,16-23H2,1-7H3,(H,37,39). The first kappa shape index (κ1) is 32.5. The molecule has 0 bridgehead atoms. The predicted molar refractivity (Wildman–Crippen MR) is 174 cm³/mol. The van der Waals surface area contributed by atoms with Gasteiger partial charge in [0, 0.05) is 26.2 Å². The maximum Gasteiger partial charge on any atom is 0.411 e. The maximum atomic E-state index is 12.8. The van der Waals surface area contributed by atoms with Crippen molar-refractivity contribution in [1.29, 1.82) is 0 Å². The van der Waals surface area contributed by atoms with Gasteiger partial charge in [0.2, 0.25) is 10.0 Å². The van der Waals surface area contributed by atoms with Gasteiger partial charge in [-0.3, -0.25) is 5.32 Å². The van der Waals surface area contributed by atoms with Gasteiger partial charge in [-0.2, -0.15) is 0 Å². The second-order valence-electron chi connectivity index (χ2n) is 15.5. The smallest absolute Gasteiger partial charge is 0.411 e. The predicted octanol–water partition coefficient (Wildman–Crippen LogP) is 8.90. The third-order valence-corrected chi connectivity index (χ3v) is 14.2. The molecule has 0 aliphatic heterocycles. The summed E-state index contributed by atoms with van der Waals surface area (Å²) in [4.78, 5) is 13.0. The first-order valence-electron chi connectivity index (χ1n) is 17.0. The van der Waals surface area contributed by atoms with Crippen LogP contribution in [-0.4, -0.2) is 39.0 Å². The quantitative estimate of drug-likeness (QED) is 0.283. The van der Waals surface area contributed by atoms with E-state index in [4.69, 9.17) is 4.74 Å². The molecule has 43 heavy (non-hydrogen) atoms. The van der Waals surface area contributed by atoms with Crippen LogP contribution in [0.25, 0.3) is 0 Å². The summed E-state index contributed by atoms with van der Waals surface area (Å²) in [6.45, 7) is 12.4. The van der Waals surface area contributed by atoms with Gasteiger partial charge in [-0.15, -0.1) is 0 Å². The Bertz CT molecular complexity index is 1290. The van der Waals surface area contributed by atoms with E-state index in [1.54, 1.807) is 12.1 Å². The first-order valence-corrected chi connectivity index (χ1v) is 18.4. The van der Waals surface area contributed by atoms with Crippen LogP contribution in [-0.2, 0) is 14.8 Å². The van der Waals surface area contributed by atoms with Crippen LogP contribution in [0, 0.1) is 46.3 Å². The number of hydrogen-bond donors (Lipinski definition) is 1. The van der Waals surface area contributed by atoms with Crippen LogP contribution in [0.3, 0.4) is 0 Å². The summed E-state index contributed by atoms with van der Waals surface area (Å²) in [6, 6.07) is 6.23. The first-order chi connectivity index (χ1) is 20.3. The van der Waals surface area contributed by atoms with Crippen LogP contribution in [0.1, 0.15) is 105 Å². The van der Waals surface area contributed by atoms with Crippen LogP contribution in [0.2, 0.25) is 0 Å². The second-order valence-corrected chi connectivity index (χ2v) is 17.6. The molecule has 1 N–H and O–H groups in total. The molecular formula is C36H56N2O4S. The lowest BCUT2D eigenvalue weighted by Crippen LogP contribution is -2.51. The molecule has 1 amide bonds. The Labute approximate surface area is 261 Å². The van der Waals surface area contributed by atoms with Crippen LogP contribution in [0.4, 0.5) is 10.5 Å². The third-order valence-electron chi connectivity index (χ3n) is 12.4. The van der Waals surface area contributed by atoms with Gasteiger partial charge in [0.25, 0.3) is 0 Å². The van der Waals surface area contributed by atoms with Gasteiger partial charge in [0.1, 0.15) is 6.10 Å². The molecule has 1 aromatic carbocycles. The minimum Gasteiger partial charge on any atom is -0.446 e. The number of carbonyl (C=O) groups excluding carboxylic acids is 1. The van der Waals surface area contributed by atoms with Crippen molar-refractivity contribution in [2.24, 2.45) is 46.3 Å². The average molecular weight is 613 g/mol. The average Bonchev–Trinajstić information content (AvgIpc) is 3.30. The van der Waals surface area contributed by atoms with Gasteiger partial charge in [0.05, 0.1) is 4.90 Å². The van der Waals surface area contributed by atoms with Crippen molar-refractivity contribution >= 4 is 21.8 Å². The van der Waals surface area contributed by atoms with Crippen molar-refractivity contribution in [2.45, 2.75) is 116 Å². The van der Waals surface area contributed by atoms with E-state index in [2.05, 4.69) is 46.0 Å². The van der Waals surface area contributed by atoms with Crippen LogP contribution < -0.4 is 5.32 Å². The molecule has 0 spiro atoms. The van der Waals surface area contributed by atoms with E-state index in [-0.39, 0.29) is 16.4 Å². The lowest BCUT2D eigenvalue weighted by atomic mass is 9.47. The van der Waals surface area contributed by atoms with E-state index in [1.807, 2.05) is 0 Å². The number of carbonyl (C=O) groups is 1. The molecule has 4 aliphatic rings. The largest absolute Gasteiger partial charge is 0.446 e. The molecule has 3 fully saturated rings.